The molecule has 0 aliphatic heterocycles. The third-order valence-corrected chi connectivity index (χ3v) is 5.27. The van der Waals surface area contributed by atoms with Crippen LogP contribution in [0.25, 0.3) is 0 Å². The predicted molar refractivity (Wildman–Crippen MR) is 118 cm³/mol. The van der Waals surface area contributed by atoms with Crippen molar-refractivity contribution >= 4 is 11.9 Å². The lowest BCUT2D eigenvalue weighted by molar-refractivity contribution is 0.0948. The summed E-state index contributed by atoms with van der Waals surface area (Å²) in [6, 6.07) is 12.2. The number of hydrogen-bond donors (Lipinski definition) is 1. The highest BCUT2D eigenvalue weighted by molar-refractivity contribution is 5.92. The van der Waals surface area contributed by atoms with Crippen LogP contribution in [0.5, 0.6) is 0 Å². The molecular weight excluding hydrogens is 360 g/mol. The van der Waals surface area contributed by atoms with Crippen LogP contribution in [0.3, 0.4) is 0 Å². The molecule has 0 bridgehead atoms. The second-order valence-corrected chi connectivity index (χ2v) is 8.02. The Kier molecular flexibility index (Phi) is 7.39. The molecule has 1 aliphatic rings. The Hall–Kier alpha value is -2.69. The molecule has 1 aromatic heterocycles. The molecule has 0 atom stereocenters. The Morgan fingerprint density at radius 3 is 2.66 bits per heavy atom. The number of aryl methyl sites for hydroxylation is 1. The third kappa shape index (κ3) is 6.14. The Balaban J connectivity index is 1.70. The summed E-state index contributed by atoms with van der Waals surface area (Å²) >= 11 is 0. The van der Waals surface area contributed by atoms with Crippen LogP contribution in [-0.4, -0.2) is 28.5 Å². The number of nitrogens with zero attached hydrogens (tertiary/aromatic N) is 3. The largest absolute Gasteiger partial charge is 0.350 e. The van der Waals surface area contributed by atoms with Crippen molar-refractivity contribution in [3.05, 3.63) is 65.0 Å². The van der Waals surface area contributed by atoms with Crippen molar-refractivity contribution in [2.45, 2.75) is 65.5 Å². The van der Waals surface area contributed by atoms with E-state index in [-0.39, 0.29) is 11.9 Å². The SMILES string of the molecule is Cc1cc(C(=O)NCCC2=CCCCC2)nc(N(Cc2ccccc2)C(C)C)n1. The molecule has 0 fully saturated rings. The van der Waals surface area contributed by atoms with Gasteiger partial charge in [-0.25, -0.2) is 9.97 Å². The van der Waals surface area contributed by atoms with E-state index in [1.54, 1.807) is 6.07 Å². The van der Waals surface area contributed by atoms with Crippen LogP contribution in [0.1, 0.15) is 67.7 Å². The summed E-state index contributed by atoms with van der Waals surface area (Å²) < 4.78 is 0. The van der Waals surface area contributed by atoms with Gasteiger partial charge in [-0.2, -0.15) is 0 Å². The molecule has 0 radical (unpaired) electrons. The molecule has 154 valence electrons. The summed E-state index contributed by atoms with van der Waals surface area (Å²) in [5.74, 6) is 0.473. The van der Waals surface area contributed by atoms with Gasteiger partial charge < -0.3 is 10.2 Å². The van der Waals surface area contributed by atoms with Crippen molar-refractivity contribution in [3.63, 3.8) is 0 Å². The van der Waals surface area contributed by atoms with Crippen molar-refractivity contribution < 1.29 is 4.79 Å². The van der Waals surface area contributed by atoms with Gasteiger partial charge in [0.2, 0.25) is 5.95 Å². The molecule has 0 spiro atoms. The van der Waals surface area contributed by atoms with E-state index in [4.69, 9.17) is 0 Å². The van der Waals surface area contributed by atoms with Gasteiger partial charge in [0, 0.05) is 24.8 Å². The minimum atomic E-state index is -0.128. The molecule has 0 saturated carbocycles. The molecule has 1 N–H and O–H groups in total. The quantitative estimate of drug-likeness (QED) is 0.654. The molecular formula is C24H32N4O. The summed E-state index contributed by atoms with van der Waals surface area (Å²) in [6.45, 7) is 7.51. The first-order valence-corrected chi connectivity index (χ1v) is 10.7. The third-order valence-electron chi connectivity index (χ3n) is 5.27. The Morgan fingerprint density at radius 1 is 1.17 bits per heavy atom. The average molecular weight is 393 g/mol. The van der Waals surface area contributed by atoms with Crippen LogP contribution < -0.4 is 10.2 Å². The maximum atomic E-state index is 12.7. The summed E-state index contributed by atoms with van der Waals surface area (Å²) in [5, 5.41) is 3.03. The van der Waals surface area contributed by atoms with E-state index in [1.807, 2.05) is 25.1 Å². The number of rotatable bonds is 8. The van der Waals surface area contributed by atoms with E-state index in [2.05, 4.69) is 52.2 Å². The van der Waals surface area contributed by atoms with Crippen LogP contribution >= 0.6 is 0 Å². The highest BCUT2D eigenvalue weighted by Gasteiger charge is 2.18. The fourth-order valence-corrected chi connectivity index (χ4v) is 3.62. The van der Waals surface area contributed by atoms with Crippen molar-refractivity contribution in [3.8, 4) is 0 Å². The first-order chi connectivity index (χ1) is 14.0. The lowest BCUT2D eigenvalue weighted by atomic mass is 9.97. The molecule has 1 amide bonds. The first kappa shape index (κ1) is 21.0. The summed E-state index contributed by atoms with van der Waals surface area (Å²) in [6.07, 6.45) is 8.13. The number of hydrogen-bond acceptors (Lipinski definition) is 4. The molecule has 0 saturated heterocycles. The number of nitrogens with one attached hydrogen (secondary N) is 1. The first-order valence-electron chi connectivity index (χ1n) is 10.7. The van der Waals surface area contributed by atoms with E-state index in [1.165, 1.54) is 30.4 Å². The maximum absolute atomic E-state index is 12.7. The number of benzene rings is 1. The van der Waals surface area contributed by atoms with E-state index in [0.29, 0.717) is 24.7 Å². The zero-order valence-electron chi connectivity index (χ0n) is 17.8. The molecule has 1 aliphatic carbocycles. The standard InChI is InChI=1S/C24H32N4O/c1-18(2)28(17-21-12-8-5-9-13-21)24-26-19(3)16-22(27-24)23(29)25-15-14-20-10-6-4-7-11-20/h5,8-10,12-13,16,18H,4,6-7,11,14-15,17H2,1-3H3,(H,25,29). The van der Waals surface area contributed by atoms with Crippen LogP contribution in [0.15, 0.2) is 48.0 Å². The van der Waals surface area contributed by atoms with Gasteiger partial charge in [-0.1, -0.05) is 42.0 Å². The van der Waals surface area contributed by atoms with Gasteiger partial charge >= 0.3 is 0 Å². The second-order valence-electron chi connectivity index (χ2n) is 8.02. The van der Waals surface area contributed by atoms with E-state index < -0.39 is 0 Å². The van der Waals surface area contributed by atoms with Crippen LogP contribution in [0.2, 0.25) is 0 Å². The Morgan fingerprint density at radius 2 is 1.97 bits per heavy atom. The summed E-state index contributed by atoms with van der Waals surface area (Å²) in [7, 11) is 0. The summed E-state index contributed by atoms with van der Waals surface area (Å²) in [5.41, 5.74) is 3.89. The molecule has 2 aromatic rings. The highest BCUT2D eigenvalue weighted by atomic mass is 16.1. The molecule has 5 nitrogen and oxygen atoms in total. The van der Waals surface area contributed by atoms with Gasteiger partial charge in [0.1, 0.15) is 5.69 Å². The van der Waals surface area contributed by atoms with E-state index in [0.717, 1.165) is 18.5 Å². The van der Waals surface area contributed by atoms with E-state index >= 15 is 0 Å². The fraction of sp³-hybridized carbons (Fsp3) is 0.458. The molecule has 1 heterocycles. The van der Waals surface area contributed by atoms with Crippen molar-refractivity contribution in [2.75, 3.05) is 11.4 Å². The lowest BCUT2D eigenvalue weighted by Gasteiger charge is -2.27. The zero-order chi connectivity index (χ0) is 20.6. The number of aromatic nitrogens is 2. The smallest absolute Gasteiger partial charge is 0.270 e. The minimum Gasteiger partial charge on any atom is -0.350 e. The molecule has 3 rings (SSSR count). The zero-order valence-corrected chi connectivity index (χ0v) is 17.8. The number of carbonyl (C=O) groups excluding carboxylic acids is 1. The van der Waals surface area contributed by atoms with Crippen LogP contribution in [0.4, 0.5) is 5.95 Å². The number of amides is 1. The lowest BCUT2D eigenvalue weighted by Crippen LogP contribution is -2.33. The number of carbonyl (C=O) groups is 1. The number of allylic oxidation sites excluding steroid dienone is 1. The van der Waals surface area contributed by atoms with Gasteiger partial charge in [0.25, 0.3) is 5.91 Å². The normalized spacial score (nSPS) is 13.9. The minimum absolute atomic E-state index is 0.128. The van der Waals surface area contributed by atoms with Crippen molar-refractivity contribution in [1.29, 1.82) is 0 Å². The fourth-order valence-electron chi connectivity index (χ4n) is 3.62. The van der Waals surface area contributed by atoms with Crippen molar-refractivity contribution in [2.24, 2.45) is 0 Å². The average Bonchev–Trinajstić information content (AvgIpc) is 2.73. The predicted octanol–water partition coefficient (Wildman–Crippen LogP) is 4.82. The molecule has 29 heavy (non-hydrogen) atoms. The Bertz CT molecular complexity index is 845. The van der Waals surface area contributed by atoms with Gasteiger partial charge in [-0.15, -0.1) is 0 Å². The molecule has 0 unspecified atom stereocenters. The summed E-state index contributed by atoms with van der Waals surface area (Å²) in [4.78, 5) is 24.1. The molecule has 1 aromatic carbocycles. The van der Waals surface area contributed by atoms with E-state index in [9.17, 15) is 4.79 Å². The van der Waals surface area contributed by atoms with Crippen LogP contribution in [-0.2, 0) is 6.54 Å². The topological polar surface area (TPSA) is 58.1 Å². The van der Waals surface area contributed by atoms with Crippen LogP contribution in [0, 0.1) is 6.92 Å². The maximum Gasteiger partial charge on any atom is 0.270 e. The van der Waals surface area contributed by atoms with Gasteiger partial charge in [-0.3, -0.25) is 4.79 Å². The molecule has 5 heteroatoms. The second kappa shape index (κ2) is 10.2. The highest BCUT2D eigenvalue weighted by Crippen LogP contribution is 2.20. The monoisotopic (exact) mass is 392 g/mol. The van der Waals surface area contributed by atoms with Crippen molar-refractivity contribution in [1.82, 2.24) is 15.3 Å². The van der Waals surface area contributed by atoms with Gasteiger partial charge in [-0.05, 0) is 64.5 Å². The van der Waals surface area contributed by atoms with Gasteiger partial charge in [0.15, 0.2) is 0 Å². The Labute approximate surface area is 174 Å². The van der Waals surface area contributed by atoms with Gasteiger partial charge in [0.05, 0.1) is 0 Å². The number of anilines is 1.